The summed E-state index contributed by atoms with van der Waals surface area (Å²) in [5, 5.41) is 9.51. The standard InChI is InChI=1S/C9H13NO3S/c1-3-4-13-5-7-10-6(2)8(14-7)9(11)12/h3-5H2,1-2H3,(H,11,12). The fourth-order valence-electron chi connectivity index (χ4n) is 1.02. The van der Waals surface area contributed by atoms with Crippen LogP contribution in [0.2, 0.25) is 0 Å². The largest absolute Gasteiger partial charge is 0.477 e. The van der Waals surface area contributed by atoms with Crippen LogP contribution in [-0.2, 0) is 11.3 Å². The Morgan fingerprint density at radius 1 is 1.64 bits per heavy atom. The van der Waals surface area contributed by atoms with E-state index in [-0.39, 0.29) is 0 Å². The quantitative estimate of drug-likeness (QED) is 0.764. The second-order valence-electron chi connectivity index (χ2n) is 2.88. The summed E-state index contributed by atoms with van der Waals surface area (Å²) in [7, 11) is 0. The SMILES string of the molecule is CCCOCc1nc(C)c(C(=O)O)s1. The predicted octanol–water partition coefficient (Wildman–Crippen LogP) is 2.08. The molecule has 1 rings (SSSR count). The molecule has 14 heavy (non-hydrogen) atoms. The highest BCUT2D eigenvalue weighted by Crippen LogP contribution is 2.18. The van der Waals surface area contributed by atoms with Crippen LogP contribution in [-0.4, -0.2) is 22.7 Å². The number of carboxylic acids is 1. The van der Waals surface area contributed by atoms with Gasteiger partial charge in [0.2, 0.25) is 0 Å². The van der Waals surface area contributed by atoms with Crippen molar-refractivity contribution in [3.63, 3.8) is 0 Å². The number of carboxylic acid groups (broad SMARTS) is 1. The molecule has 0 saturated carbocycles. The molecular formula is C9H13NO3S. The van der Waals surface area contributed by atoms with Gasteiger partial charge in [-0.05, 0) is 13.3 Å². The number of aromatic nitrogens is 1. The van der Waals surface area contributed by atoms with Crippen LogP contribution in [0.3, 0.4) is 0 Å². The van der Waals surface area contributed by atoms with Crippen molar-refractivity contribution >= 4 is 17.3 Å². The number of aryl methyl sites for hydroxylation is 1. The minimum atomic E-state index is -0.915. The van der Waals surface area contributed by atoms with Crippen LogP contribution in [0, 0.1) is 6.92 Å². The lowest BCUT2D eigenvalue weighted by Gasteiger charge is -1.96. The van der Waals surface area contributed by atoms with E-state index in [2.05, 4.69) is 4.98 Å². The first-order valence-electron chi connectivity index (χ1n) is 4.42. The van der Waals surface area contributed by atoms with Crippen molar-refractivity contribution < 1.29 is 14.6 Å². The summed E-state index contributed by atoms with van der Waals surface area (Å²) in [5.74, 6) is -0.915. The average molecular weight is 215 g/mol. The number of ether oxygens (including phenoxy) is 1. The van der Waals surface area contributed by atoms with Gasteiger partial charge in [-0.15, -0.1) is 11.3 Å². The van der Waals surface area contributed by atoms with Crippen molar-refractivity contribution in [1.82, 2.24) is 4.98 Å². The van der Waals surface area contributed by atoms with E-state index >= 15 is 0 Å². The summed E-state index contributed by atoms with van der Waals surface area (Å²) in [5.41, 5.74) is 0.567. The van der Waals surface area contributed by atoms with E-state index < -0.39 is 5.97 Å². The Morgan fingerprint density at radius 3 is 2.86 bits per heavy atom. The molecule has 0 fully saturated rings. The van der Waals surface area contributed by atoms with Crippen LogP contribution in [0.4, 0.5) is 0 Å². The highest BCUT2D eigenvalue weighted by Gasteiger charge is 2.13. The van der Waals surface area contributed by atoms with Gasteiger partial charge in [0.15, 0.2) is 0 Å². The van der Waals surface area contributed by atoms with Crippen molar-refractivity contribution in [2.75, 3.05) is 6.61 Å². The number of carbonyl (C=O) groups is 1. The molecule has 1 heterocycles. The molecule has 0 aliphatic rings. The van der Waals surface area contributed by atoms with E-state index in [4.69, 9.17) is 9.84 Å². The molecule has 0 aliphatic carbocycles. The number of hydrogen-bond donors (Lipinski definition) is 1. The number of rotatable bonds is 5. The van der Waals surface area contributed by atoms with E-state index in [1.807, 2.05) is 6.92 Å². The molecule has 0 aliphatic heterocycles. The molecule has 1 N–H and O–H groups in total. The molecule has 5 heteroatoms. The molecule has 0 amide bonds. The summed E-state index contributed by atoms with van der Waals surface area (Å²) in [4.78, 5) is 15.1. The van der Waals surface area contributed by atoms with Gasteiger partial charge in [-0.25, -0.2) is 9.78 Å². The molecule has 0 atom stereocenters. The summed E-state index contributed by atoms with van der Waals surface area (Å²) in [6.45, 7) is 4.81. The van der Waals surface area contributed by atoms with E-state index in [1.165, 1.54) is 11.3 Å². The molecule has 0 bridgehead atoms. The van der Waals surface area contributed by atoms with Crippen molar-refractivity contribution in [3.05, 3.63) is 15.6 Å². The smallest absolute Gasteiger partial charge is 0.347 e. The highest BCUT2D eigenvalue weighted by atomic mass is 32.1. The van der Waals surface area contributed by atoms with Crippen LogP contribution in [0.15, 0.2) is 0 Å². The first kappa shape index (κ1) is 11.1. The zero-order valence-electron chi connectivity index (χ0n) is 8.24. The van der Waals surface area contributed by atoms with E-state index in [0.29, 0.717) is 23.8 Å². The average Bonchev–Trinajstić information content (AvgIpc) is 2.47. The molecule has 1 aromatic rings. The maximum Gasteiger partial charge on any atom is 0.347 e. The topological polar surface area (TPSA) is 59.4 Å². The van der Waals surface area contributed by atoms with Gasteiger partial charge >= 0.3 is 5.97 Å². The fourth-order valence-corrected chi connectivity index (χ4v) is 1.86. The number of nitrogens with zero attached hydrogens (tertiary/aromatic N) is 1. The Kier molecular flexibility index (Phi) is 4.03. The monoisotopic (exact) mass is 215 g/mol. The van der Waals surface area contributed by atoms with Crippen molar-refractivity contribution in [3.8, 4) is 0 Å². The van der Waals surface area contributed by atoms with E-state index in [9.17, 15) is 4.79 Å². The first-order valence-corrected chi connectivity index (χ1v) is 5.24. The first-order chi connectivity index (χ1) is 6.65. The third-order valence-corrected chi connectivity index (χ3v) is 2.73. The van der Waals surface area contributed by atoms with Gasteiger partial charge in [-0.3, -0.25) is 0 Å². The predicted molar refractivity (Wildman–Crippen MR) is 53.8 cm³/mol. The van der Waals surface area contributed by atoms with Gasteiger partial charge in [0, 0.05) is 6.61 Å². The van der Waals surface area contributed by atoms with E-state index in [0.717, 1.165) is 11.4 Å². The summed E-state index contributed by atoms with van der Waals surface area (Å²) in [6.07, 6.45) is 0.955. The Hall–Kier alpha value is -0.940. The lowest BCUT2D eigenvalue weighted by Crippen LogP contribution is -1.94. The normalized spacial score (nSPS) is 10.4. The summed E-state index contributed by atoms with van der Waals surface area (Å²) < 4.78 is 5.27. The minimum absolute atomic E-state index is 0.306. The van der Waals surface area contributed by atoms with Gasteiger partial charge in [0.05, 0.1) is 12.3 Å². The molecule has 0 unspecified atom stereocenters. The number of thiazole rings is 1. The second kappa shape index (κ2) is 5.07. The number of aromatic carboxylic acids is 1. The van der Waals surface area contributed by atoms with Crippen molar-refractivity contribution in [1.29, 1.82) is 0 Å². The van der Waals surface area contributed by atoms with E-state index in [1.54, 1.807) is 6.92 Å². The Balaban J connectivity index is 2.62. The van der Waals surface area contributed by atoms with Crippen LogP contribution >= 0.6 is 11.3 Å². The lowest BCUT2D eigenvalue weighted by molar-refractivity contribution is 0.0701. The lowest BCUT2D eigenvalue weighted by atomic mass is 10.4. The molecule has 1 aromatic heterocycles. The third-order valence-electron chi connectivity index (χ3n) is 1.61. The second-order valence-corrected chi connectivity index (χ2v) is 3.96. The molecule has 78 valence electrons. The van der Waals surface area contributed by atoms with Crippen molar-refractivity contribution in [2.24, 2.45) is 0 Å². The van der Waals surface area contributed by atoms with Crippen LogP contribution in [0.1, 0.15) is 33.7 Å². The molecule has 0 spiro atoms. The maximum atomic E-state index is 10.7. The molecule has 0 aromatic carbocycles. The highest BCUT2D eigenvalue weighted by molar-refractivity contribution is 7.13. The van der Waals surface area contributed by atoms with Gasteiger partial charge < -0.3 is 9.84 Å². The van der Waals surface area contributed by atoms with Crippen LogP contribution in [0.5, 0.6) is 0 Å². The summed E-state index contributed by atoms with van der Waals surface area (Å²) in [6, 6.07) is 0. The molecular weight excluding hydrogens is 202 g/mol. The van der Waals surface area contributed by atoms with Crippen LogP contribution in [0.25, 0.3) is 0 Å². The van der Waals surface area contributed by atoms with Gasteiger partial charge in [-0.1, -0.05) is 6.92 Å². The minimum Gasteiger partial charge on any atom is -0.477 e. The van der Waals surface area contributed by atoms with Gasteiger partial charge in [-0.2, -0.15) is 0 Å². The Morgan fingerprint density at radius 2 is 2.36 bits per heavy atom. The molecule has 4 nitrogen and oxygen atoms in total. The Labute approximate surface area is 86.6 Å². The zero-order valence-corrected chi connectivity index (χ0v) is 9.06. The van der Waals surface area contributed by atoms with Crippen LogP contribution < -0.4 is 0 Å². The third kappa shape index (κ3) is 2.78. The fraction of sp³-hybridized carbons (Fsp3) is 0.556. The van der Waals surface area contributed by atoms with Gasteiger partial charge in [0.25, 0.3) is 0 Å². The number of hydrogen-bond acceptors (Lipinski definition) is 4. The Bertz CT molecular complexity index is 322. The molecule has 0 radical (unpaired) electrons. The molecule has 0 saturated heterocycles. The van der Waals surface area contributed by atoms with Crippen molar-refractivity contribution in [2.45, 2.75) is 26.9 Å². The maximum absolute atomic E-state index is 10.7. The summed E-state index contributed by atoms with van der Waals surface area (Å²) >= 11 is 1.18. The zero-order chi connectivity index (χ0) is 10.6. The van der Waals surface area contributed by atoms with Gasteiger partial charge in [0.1, 0.15) is 9.88 Å².